The van der Waals surface area contributed by atoms with Crippen LogP contribution in [0.4, 0.5) is 5.69 Å². The summed E-state index contributed by atoms with van der Waals surface area (Å²) < 4.78 is 16.0. The van der Waals surface area contributed by atoms with Gasteiger partial charge in [0.05, 0.1) is 32.7 Å². The number of anilines is 1. The van der Waals surface area contributed by atoms with Crippen molar-refractivity contribution in [2.45, 2.75) is 26.3 Å². The Balaban J connectivity index is 1.63. The first-order valence-electron chi connectivity index (χ1n) is 11.1. The van der Waals surface area contributed by atoms with Crippen molar-refractivity contribution < 1.29 is 23.5 Å². The van der Waals surface area contributed by atoms with Crippen LogP contribution in [-0.2, 0) is 11.3 Å². The number of furan rings is 1. The van der Waals surface area contributed by atoms with E-state index >= 15 is 0 Å². The summed E-state index contributed by atoms with van der Waals surface area (Å²) in [6, 6.07) is 16.2. The van der Waals surface area contributed by atoms with Crippen LogP contribution in [0.5, 0.6) is 11.5 Å². The molecule has 0 bridgehead atoms. The Morgan fingerprint density at radius 1 is 1.12 bits per heavy atom. The molecular weight excluding hydrogens is 434 g/mol. The number of methoxy groups -OCH3 is 2. The molecule has 0 fully saturated rings. The molecule has 1 aromatic heterocycles. The molecule has 2 amide bonds. The molecule has 1 unspecified atom stereocenters. The molecule has 0 spiro atoms. The summed E-state index contributed by atoms with van der Waals surface area (Å²) in [5.41, 5.74) is 3.06. The molecule has 0 saturated carbocycles. The molecule has 1 aliphatic rings. The van der Waals surface area contributed by atoms with Gasteiger partial charge in [0.2, 0.25) is 5.91 Å². The first kappa shape index (κ1) is 23.1. The normalized spacial score (nSPS) is 15.6. The summed E-state index contributed by atoms with van der Waals surface area (Å²) in [6.07, 6.45) is 2.58. The van der Waals surface area contributed by atoms with Crippen molar-refractivity contribution in [2.24, 2.45) is 11.0 Å². The Kier molecular flexibility index (Phi) is 6.96. The van der Waals surface area contributed by atoms with Crippen LogP contribution in [0.15, 0.2) is 70.4 Å². The Morgan fingerprint density at radius 2 is 1.91 bits per heavy atom. The maximum absolute atomic E-state index is 13.0. The van der Waals surface area contributed by atoms with Gasteiger partial charge in [-0.3, -0.25) is 9.59 Å². The predicted molar refractivity (Wildman–Crippen MR) is 128 cm³/mol. The maximum atomic E-state index is 13.0. The van der Waals surface area contributed by atoms with E-state index in [0.717, 1.165) is 23.3 Å². The zero-order chi connectivity index (χ0) is 24.1. The zero-order valence-electron chi connectivity index (χ0n) is 19.4. The molecule has 3 aromatic rings. The lowest BCUT2D eigenvalue weighted by molar-refractivity contribution is -0.133. The van der Waals surface area contributed by atoms with Crippen molar-refractivity contribution in [3.63, 3.8) is 0 Å². The van der Waals surface area contributed by atoms with Gasteiger partial charge in [0.1, 0.15) is 0 Å². The highest BCUT2D eigenvalue weighted by atomic mass is 16.5. The van der Waals surface area contributed by atoms with Gasteiger partial charge in [-0.1, -0.05) is 25.1 Å². The van der Waals surface area contributed by atoms with Gasteiger partial charge in [0, 0.05) is 23.6 Å². The van der Waals surface area contributed by atoms with Crippen LogP contribution in [0.1, 0.15) is 41.4 Å². The van der Waals surface area contributed by atoms with E-state index in [1.54, 1.807) is 32.4 Å². The highest BCUT2D eigenvalue weighted by Crippen LogP contribution is 2.32. The number of carbonyl (C=O) groups is 2. The van der Waals surface area contributed by atoms with Crippen molar-refractivity contribution in [2.75, 3.05) is 19.5 Å². The Bertz CT molecular complexity index is 1200. The lowest BCUT2D eigenvalue weighted by Crippen LogP contribution is -2.37. The van der Waals surface area contributed by atoms with E-state index < -0.39 is 0 Å². The van der Waals surface area contributed by atoms with Gasteiger partial charge in [-0.25, -0.2) is 5.01 Å². The van der Waals surface area contributed by atoms with E-state index in [2.05, 4.69) is 5.32 Å². The second-order valence-electron chi connectivity index (χ2n) is 7.90. The fourth-order valence-electron chi connectivity index (χ4n) is 3.96. The first-order valence-corrected chi connectivity index (χ1v) is 11.1. The van der Waals surface area contributed by atoms with Crippen molar-refractivity contribution in [1.82, 2.24) is 5.01 Å². The van der Waals surface area contributed by atoms with Gasteiger partial charge in [-0.05, 0) is 48.4 Å². The largest absolute Gasteiger partial charge is 0.493 e. The summed E-state index contributed by atoms with van der Waals surface area (Å²) in [5, 5.41) is 9.08. The lowest BCUT2D eigenvalue weighted by Gasteiger charge is -2.30. The average Bonchev–Trinajstić information content (AvgIpc) is 3.41. The number of carbonyl (C=O) groups excluding carboxylic acids is 2. The predicted octanol–water partition coefficient (Wildman–Crippen LogP) is 4.71. The van der Waals surface area contributed by atoms with Crippen LogP contribution in [0, 0.1) is 5.92 Å². The minimum Gasteiger partial charge on any atom is -0.493 e. The zero-order valence-corrected chi connectivity index (χ0v) is 19.4. The summed E-state index contributed by atoms with van der Waals surface area (Å²) in [7, 11) is 3.18. The molecule has 0 saturated heterocycles. The molecule has 1 N–H and O–H groups in total. The number of hydrazone groups is 1. The summed E-state index contributed by atoms with van der Waals surface area (Å²) in [6.45, 7) is 2.27. The second kappa shape index (κ2) is 10.2. The van der Waals surface area contributed by atoms with E-state index in [-0.39, 0.29) is 30.0 Å². The Hall–Kier alpha value is -4.07. The summed E-state index contributed by atoms with van der Waals surface area (Å²) in [5.74, 6) is 1.02. The maximum Gasteiger partial charge on any atom is 0.291 e. The van der Waals surface area contributed by atoms with E-state index in [1.807, 2.05) is 43.3 Å². The van der Waals surface area contributed by atoms with E-state index in [1.165, 1.54) is 11.3 Å². The Labute approximate surface area is 198 Å². The molecule has 0 radical (unpaired) electrons. The third-order valence-electron chi connectivity index (χ3n) is 5.83. The SMILES string of the molecule is CCC1CC(=O)N(Cc2ccccc2NC(=O)c2ccco2)N=C1c1ccc(OC)c(OC)c1. The number of ether oxygens (including phenoxy) is 2. The van der Waals surface area contributed by atoms with Crippen molar-refractivity contribution >= 4 is 23.2 Å². The monoisotopic (exact) mass is 461 g/mol. The van der Waals surface area contributed by atoms with Crippen LogP contribution in [-0.4, -0.2) is 36.8 Å². The highest BCUT2D eigenvalue weighted by Gasteiger charge is 2.30. The fraction of sp³-hybridized carbons (Fsp3) is 0.269. The number of benzene rings is 2. The van der Waals surface area contributed by atoms with E-state index in [4.69, 9.17) is 19.0 Å². The fourth-order valence-corrected chi connectivity index (χ4v) is 3.96. The number of rotatable bonds is 8. The molecular formula is C26H27N3O5. The minimum atomic E-state index is -0.358. The van der Waals surface area contributed by atoms with Gasteiger partial charge in [-0.15, -0.1) is 0 Å². The molecule has 2 heterocycles. The molecule has 8 heteroatoms. The second-order valence-corrected chi connectivity index (χ2v) is 7.90. The van der Waals surface area contributed by atoms with Gasteiger partial charge in [0.25, 0.3) is 5.91 Å². The molecule has 8 nitrogen and oxygen atoms in total. The first-order chi connectivity index (χ1) is 16.5. The lowest BCUT2D eigenvalue weighted by atomic mass is 9.89. The van der Waals surface area contributed by atoms with Gasteiger partial charge < -0.3 is 19.2 Å². The smallest absolute Gasteiger partial charge is 0.291 e. The molecule has 0 aliphatic carbocycles. The third-order valence-corrected chi connectivity index (χ3v) is 5.83. The minimum absolute atomic E-state index is 0.00394. The van der Waals surface area contributed by atoms with Gasteiger partial charge in [0.15, 0.2) is 17.3 Å². The van der Waals surface area contributed by atoms with Gasteiger partial charge in [-0.2, -0.15) is 5.10 Å². The van der Waals surface area contributed by atoms with Crippen LogP contribution in [0.25, 0.3) is 0 Å². The van der Waals surface area contributed by atoms with Crippen LogP contribution < -0.4 is 14.8 Å². The van der Waals surface area contributed by atoms with Crippen molar-refractivity contribution in [1.29, 1.82) is 0 Å². The number of hydrogen-bond acceptors (Lipinski definition) is 6. The number of amides is 2. The molecule has 34 heavy (non-hydrogen) atoms. The highest BCUT2D eigenvalue weighted by molar-refractivity contribution is 6.06. The summed E-state index contributed by atoms with van der Waals surface area (Å²) >= 11 is 0. The van der Waals surface area contributed by atoms with Crippen LogP contribution in [0.3, 0.4) is 0 Å². The molecule has 1 aliphatic heterocycles. The number of hydrogen-bond donors (Lipinski definition) is 1. The Morgan fingerprint density at radius 3 is 2.62 bits per heavy atom. The van der Waals surface area contributed by atoms with Crippen molar-refractivity contribution in [3.05, 3.63) is 77.7 Å². The number of nitrogens with zero attached hydrogens (tertiary/aromatic N) is 2. The third kappa shape index (κ3) is 4.80. The van der Waals surface area contributed by atoms with Crippen LogP contribution >= 0.6 is 0 Å². The topological polar surface area (TPSA) is 93.4 Å². The van der Waals surface area contributed by atoms with E-state index in [9.17, 15) is 9.59 Å². The number of para-hydroxylation sites is 1. The van der Waals surface area contributed by atoms with Gasteiger partial charge >= 0.3 is 0 Å². The quantitative estimate of drug-likeness (QED) is 0.524. The standard InChI is InChI=1S/C26H27N3O5/c1-4-17-15-24(30)29(28-25(17)18-11-12-21(32-2)23(14-18)33-3)16-19-8-5-6-9-20(19)27-26(31)22-10-7-13-34-22/h5-14,17H,4,15-16H2,1-3H3,(H,27,31). The molecule has 2 aromatic carbocycles. The molecule has 1 atom stereocenters. The van der Waals surface area contributed by atoms with Crippen LogP contribution in [0.2, 0.25) is 0 Å². The number of nitrogens with one attached hydrogen (secondary N) is 1. The summed E-state index contributed by atoms with van der Waals surface area (Å²) in [4.78, 5) is 25.4. The molecule has 176 valence electrons. The molecule has 4 rings (SSSR count). The van der Waals surface area contributed by atoms with E-state index in [0.29, 0.717) is 23.6 Å². The van der Waals surface area contributed by atoms with Crippen molar-refractivity contribution in [3.8, 4) is 11.5 Å². The average molecular weight is 462 g/mol.